The Morgan fingerprint density at radius 2 is 1.75 bits per heavy atom. The molecule has 3 heterocycles. The fourth-order valence-electron chi connectivity index (χ4n) is 2.96. The van der Waals surface area contributed by atoms with Gasteiger partial charge in [-0.05, 0) is 60.9 Å². The number of thiophene rings is 1. The Morgan fingerprint density at radius 3 is 2.46 bits per heavy atom. The number of nitrogens with zero attached hydrogens (tertiary/aromatic N) is 3. The molecule has 0 aliphatic rings. The number of benzene rings is 1. The van der Waals surface area contributed by atoms with Crippen molar-refractivity contribution in [3.8, 4) is 21.0 Å². The molecule has 0 radical (unpaired) electrons. The van der Waals surface area contributed by atoms with E-state index in [2.05, 4.69) is 33.3 Å². The standard InChI is InChI=1S/C22H18N4OS/c1-14-11-20(19-8-10-24-13-25-19)28-21(14)16-3-5-17(6-4-16)26-22(27)18-7-9-23-12-15(18)2/h3-13H,1-2H3,(H,26,27). The third-order valence-electron chi connectivity index (χ3n) is 4.42. The zero-order chi connectivity index (χ0) is 19.5. The first-order chi connectivity index (χ1) is 13.6. The van der Waals surface area contributed by atoms with Gasteiger partial charge in [0.15, 0.2) is 0 Å². The van der Waals surface area contributed by atoms with Crippen LogP contribution in [0, 0.1) is 13.8 Å². The van der Waals surface area contributed by atoms with Crippen LogP contribution < -0.4 is 5.32 Å². The quantitative estimate of drug-likeness (QED) is 0.527. The number of carbonyl (C=O) groups is 1. The van der Waals surface area contributed by atoms with Crippen molar-refractivity contribution in [2.75, 3.05) is 5.32 Å². The summed E-state index contributed by atoms with van der Waals surface area (Å²) >= 11 is 1.70. The number of carbonyl (C=O) groups excluding carboxylic acids is 1. The molecule has 28 heavy (non-hydrogen) atoms. The number of amides is 1. The van der Waals surface area contributed by atoms with E-state index in [4.69, 9.17) is 0 Å². The highest BCUT2D eigenvalue weighted by Gasteiger charge is 2.12. The normalized spacial score (nSPS) is 10.6. The van der Waals surface area contributed by atoms with E-state index < -0.39 is 0 Å². The maximum atomic E-state index is 12.5. The van der Waals surface area contributed by atoms with Gasteiger partial charge in [-0.15, -0.1) is 11.3 Å². The lowest BCUT2D eigenvalue weighted by atomic mass is 10.1. The van der Waals surface area contributed by atoms with Gasteiger partial charge in [-0.2, -0.15) is 0 Å². The third-order valence-corrected chi connectivity index (χ3v) is 5.73. The summed E-state index contributed by atoms with van der Waals surface area (Å²) in [4.78, 5) is 27.1. The van der Waals surface area contributed by atoms with Gasteiger partial charge in [-0.1, -0.05) is 12.1 Å². The molecular weight excluding hydrogens is 368 g/mol. The van der Waals surface area contributed by atoms with Crippen molar-refractivity contribution in [2.24, 2.45) is 0 Å². The maximum absolute atomic E-state index is 12.5. The van der Waals surface area contributed by atoms with Crippen molar-refractivity contribution in [3.05, 3.63) is 84.1 Å². The van der Waals surface area contributed by atoms with Crippen molar-refractivity contribution in [2.45, 2.75) is 13.8 Å². The molecule has 0 aliphatic carbocycles. The Balaban J connectivity index is 1.55. The van der Waals surface area contributed by atoms with Crippen molar-refractivity contribution in [1.29, 1.82) is 0 Å². The van der Waals surface area contributed by atoms with Gasteiger partial charge in [-0.3, -0.25) is 9.78 Å². The van der Waals surface area contributed by atoms with Crippen LogP contribution in [0.15, 0.2) is 67.4 Å². The fourth-order valence-corrected chi connectivity index (χ4v) is 4.12. The molecule has 1 aromatic carbocycles. The van der Waals surface area contributed by atoms with Gasteiger partial charge in [0.2, 0.25) is 0 Å². The van der Waals surface area contributed by atoms with Crippen LogP contribution >= 0.6 is 11.3 Å². The second kappa shape index (κ2) is 7.70. The van der Waals surface area contributed by atoms with Crippen LogP contribution in [0.25, 0.3) is 21.0 Å². The lowest BCUT2D eigenvalue weighted by Gasteiger charge is -2.08. The van der Waals surface area contributed by atoms with Crippen LogP contribution in [0.4, 0.5) is 5.69 Å². The van der Waals surface area contributed by atoms with Gasteiger partial charge in [0, 0.05) is 34.7 Å². The van der Waals surface area contributed by atoms with Crippen LogP contribution in [-0.2, 0) is 0 Å². The van der Waals surface area contributed by atoms with Gasteiger partial charge in [0.1, 0.15) is 6.33 Å². The lowest BCUT2D eigenvalue weighted by Crippen LogP contribution is -2.13. The number of nitrogens with one attached hydrogen (secondary N) is 1. The molecule has 1 N–H and O–H groups in total. The van der Waals surface area contributed by atoms with Gasteiger partial charge < -0.3 is 5.32 Å². The summed E-state index contributed by atoms with van der Waals surface area (Å²) in [7, 11) is 0. The molecule has 0 aliphatic heterocycles. The molecule has 0 saturated heterocycles. The minimum Gasteiger partial charge on any atom is -0.322 e. The average molecular weight is 386 g/mol. The van der Waals surface area contributed by atoms with Crippen LogP contribution in [0.5, 0.6) is 0 Å². The summed E-state index contributed by atoms with van der Waals surface area (Å²) in [6.45, 7) is 3.97. The predicted molar refractivity (Wildman–Crippen MR) is 112 cm³/mol. The van der Waals surface area contributed by atoms with Crippen LogP contribution in [0.1, 0.15) is 21.5 Å². The van der Waals surface area contributed by atoms with E-state index >= 15 is 0 Å². The van der Waals surface area contributed by atoms with E-state index in [-0.39, 0.29) is 5.91 Å². The minimum absolute atomic E-state index is 0.133. The van der Waals surface area contributed by atoms with E-state index in [1.807, 2.05) is 37.3 Å². The Morgan fingerprint density at radius 1 is 0.964 bits per heavy atom. The minimum atomic E-state index is -0.133. The first-order valence-corrected chi connectivity index (χ1v) is 9.62. The summed E-state index contributed by atoms with van der Waals surface area (Å²) in [6.07, 6.45) is 6.62. The molecular formula is C22H18N4OS. The predicted octanol–water partition coefficient (Wildman–Crippen LogP) is 5.14. The molecule has 5 nitrogen and oxygen atoms in total. The maximum Gasteiger partial charge on any atom is 0.256 e. The molecule has 0 saturated carbocycles. The SMILES string of the molecule is Cc1cnccc1C(=O)Nc1ccc(-c2sc(-c3ccncn3)cc2C)cc1. The fraction of sp³-hybridized carbons (Fsp3) is 0.0909. The molecule has 0 bridgehead atoms. The molecule has 1 amide bonds. The second-order valence-corrected chi connectivity index (χ2v) is 7.49. The lowest BCUT2D eigenvalue weighted by molar-refractivity contribution is 0.102. The summed E-state index contributed by atoms with van der Waals surface area (Å²) in [6, 6.07) is 13.7. The second-order valence-electron chi connectivity index (χ2n) is 6.44. The monoisotopic (exact) mass is 386 g/mol. The molecule has 0 fully saturated rings. The molecule has 0 atom stereocenters. The summed E-state index contributed by atoms with van der Waals surface area (Å²) in [5, 5.41) is 2.94. The number of hydrogen-bond donors (Lipinski definition) is 1. The van der Waals surface area contributed by atoms with Crippen LogP contribution in [-0.4, -0.2) is 20.9 Å². The summed E-state index contributed by atoms with van der Waals surface area (Å²) in [5.74, 6) is -0.133. The highest BCUT2D eigenvalue weighted by atomic mass is 32.1. The van der Waals surface area contributed by atoms with Crippen molar-refractivity contribution < 1.29 is 4.79 Å². The third kappa shape index (κ3) is 3.68. The Hall–Kier alpha value is -3.38. The number of pyridine rings is 1. The number of aryl methyl sites for hydroxylation is 2. The van der Waals surface area contributed by atoms with Crippen LogP contribution in [0.3, 0.4) is 0 Å². The van der Waals surface area contributed by atoms with Gasteiger partial charge in [0.25, 0.3) is 5.91 Å². The summed E-state index contributed by atoms with van der Waals surface area (Å²) < 4.78 is 0. The summed E-state index contributed by atoms with van der Waals surface area (Å²) in [5.41, 5.74) is 5.47. The highest BCUT2D eigenvalue weighted by Crippen LogP contribution is 2.37. The molecule has 6 heteroatoms. The Labute approximate surface area is 167 Å². The number of hydrogen-bond acceptors (Lipinski definition) is 5. The Bertz CT molecular complexity index is 1120. The van der Waals surface area contributed by atoms with E-state index in [9.17, 15) is 4.79 Å². The topological polar surface area (TPSA) is 67.8 Å². The zero-order valence-corrected chi connectivity index (χ0v) is 16.3. The number of rotatable bonds is 4. The van der Waals surface area contributed by atoms with Gasteiger partial charge in [0.05, 0.1) is 10.6 Å². The zero-order valence-electron chi connectivity index (χ0n) is 15.5. The molecule has 4 rings (SSSR count). The number of anilines is 1. The number of aromatic nitrogens is 3. The molecule has 4 aromatic rings. The van der Waals surface area contributed by atoms with E-state index in [1.54, 1.807) is 42.3 Å². The molecule has 138 valence electrons. The molecule has 0 unspecified atom stereocenters. The smallest absolute Gasteiger partial charge is 0.256 e. The molecule has 0 spiro atoms. The van der Waals surface area contributed by atoms with Crippen molar-refractivity contribution in [1.82, 2.24) is 15.0 Å². The first kappa shape index (κ1) is 18.0. The average Bonchev–Trinajstić information content (AvgIpc) is 3.11. The van der Waals surface area contributed by atoms with Gasteiger partial charge >= 0.3 is 0 Å². The van der Waals surface area contributed by atoms with E-state index in [0.717, 1.165) is 27.4 Å². The van der Waals surface area contributed by atoms with Crippen molar-refractivity contribution in [3.63, 3.8) is 0 Å². The Kier molecular flexibility index (Phi) is 4.95. The molecule has 3 aromatic heterocycles. The largest absolute Gasteiger partial charge is 0.322 e. The van der Waals surface area contributed by atoms with Crippen molar-refractivity contribution >= 4 is 22.9 Å². The van der Waals surface area contributed by atoms with Gasteiger partial charge in [-0.25, -0.2) is 9.97 Å². The first-order valence-electron chi connectivity index (χ1n) is 8.81. The highest BCUT2D eigenvalue weighted by molar-refractivity contribution is 7.19. The van der Waals surface area contributed by atoms with E-state index in [1.165, 1.54) is 10.4 Å². The van der Waals surface area contributed by atoms with Crippen LogP contribution in [0.2, 0.25) is 0 Å². The van der Waals surface area contributed by atoms with E-state index in [0.29, 0.717) is 5.56 Å².